The second kappa shape index (κ2) is 5.89. The molecule has 1 heterocycles. The molecule has 1 saturated heterocycles. The quantitative estimate of drug-likeness (QED) is 0.360. The van der Waals surface area contributed by atoms with Gasteiger partial charge < -0.3 is 0 Å². The standard InChI is InChI=1S/C15H17F5S2/c1-14(2,3)7-5-21-15(4,22-6-7)8-9(16)11(18)13(20)12(19)10(8)17/h7H,5-6H2,1-4H3. The van der Waals surface area contributed by atoms with Crippen molar-refractivity contribution in [2.45, 2.75) is 31.8 Å². The van der Waals surface area contributed by atoms with Crippen LogP contribution in [-0.4, -0.2) is 11.5 Å². The van der Waals surface area contributed by atoms with Crippen molar-refractivity contribution in [2.75, 3.05) is 11.5 Å². The Morgan fingerprint density at radius 1 is 0.818 bits per heavy atom. The number of hydrogen-bond donors (Lipinski definition) is 0. The van der Waals surface area contributed by atoms with Crippen LogP contribution in [0.15, 0.2) is 0 Å². The van der Waals surface area contributed by atoms with Crippen LogP contribution in [0.1, 0.15) is 33.3 Å². The Labute approximate surface area is 135 Å². The lowest BCUT2D eigenvalue weighted by Gasteiger charge is -2.41. The predicted molar refractivity (Wildman–Crippen MR) is 81.4 cm³/mol. The lowest BCUT2D eigenvalue weighted by atomic mass is 9.83. The van der Waals surface area contributed by atoms with Gasteiger partial charge in [0.05, 0.1) is 9.64 Å². The topological polar surface area (TPSA) is 0 Å². The highest BCUT2D eigenvalue weighted by molar-refractivity contribution is 8.18. The molecule has 0 atom stereocenters. The van der Waals surface area contributed by atoms with E-state index in [0.29, 0.717) is 17.4 Å². The molecule has 22 heavy (non-hydrogen) atoms. The molecule has 0 bridgehead atoms. The summed E-state index contributed by atoms with van der Waals surface area (Å²) >= 11 is 2.46. The molecular formula is C15H17F5S2. The minimum Gasteiger partial charge on any atom is -0.203 e. The first-order valence-electron chi connectivity index (χ1n) is 6.79. The molecule has 0 aliphatic carbocycles. The third-order valence-corrected chi connectivity index (χ3v) is 7.36. The minimum absolute atomic E-state index is 0.0255. The van der Waals surface area contributed by atoms with Crippen molar-refractivity contribution in [1.29, 1.82) is 0 Å². The van der Waals surface area contributed by atoms with E-state index in [1.54, 1.807) is 0 Å². The summed E-state index contributed by atoms with van der Waals surface area (Å²) in [5.74, 6) is -7.82. The van der Waals surface area contributed by atoms with E-state index in [4.69, 9.17) is 0 Å². The number of halogens is 5. The summed E-state index contributed by atoms with van der Waals surface area (Å²) in [4.78, 5) is 0. The normalized spacial score (nSPS) is 26.3. The van der Waals surface area contributed by atoms with E-state index in [1.165, 1.54) is 30.4 Å². The zero-order valence-corrected chi connectivity index (χ0v) is 14.3. The maximum Gasteiger partial charge on any atom is 0.200 e. The number of hydrogen-bond acceptors (Lipinski definition) is 2. The average Bonchev–Trinajstić information content (AvgIpc) is 2.42. The van der Waals surface area contributed by atoms with Crippen LogP contribution in [0.25, 0.3) is 0 Å². The van der Waals surface area contributed by atoms with Crippen molar-refractivity contribution in [3.63, 3.8) is 0 Å². The van der Waals surface area contributed by atoms with Gasteiger partial charge in [0.2, 0.25) is 5.82 Å². The fraction of sp³-hybridized carbons (Fsp3) is 0.600. The molecule has 0 nitrogen and oxygen atoms in total. The molecule has 1 aliphatic rings. The molecule has 1 aliphatic heterocycles. The van der Waals surface area contributed by atoms with E-state index in [1.807, 2.05) is 0 Å². The highest BCUT2D eigenvalue weighted by Gasteiger charge is 2.43. The first-order chi connectivity index (χ1) is 9.99. The molecule has 0 amide bonds. The molecule has 0 N–H and O–H groups in total. The van der Waals surface area contributed by atoms with Crippen molar-refractivity contribution in [3.8, 4) is 0 Å². The van der Waals surface area contributed by atoms with Gasteiger partial charge in [-0.15, -0.1) is 23.5 Å². The first-order valence-corrected chi connectivity index (χ1v) is 8.76. The second-order valence-corrected chi connectivity index (χ2v) is 9.71. The van der Waals surface area contributed by atoms with Gasteiger partial charge in [-0.25, -0.2) is 22.0 Å². The summed E-state index contributed by atoms with van der Waals surface area (Å²) in [5, 5.41) is 0. The SMILES string of the molecule is CC1(c2c(F)c(F)c(F)c(F)c2F)SCC(C(C)(C)C)CS1. The van der Waals surface area contributed by atoms with Crippen molar-refractivity contribution < 1.29 is 22.0 Å². The van der Waals surface area contributed by atoms with Gasteiger partial charge in [0.1, 0.15) is 0 Å². The van der Waals surface area contributed by atoms with E-state index in [0.717, 1.165) is 0 Å². The smallest absolute Gasteiger partial charge is 0.200 e. The molecule has 0 spiro atoms. The maximum atomic E-state index is 14.0. The van der Waals surface area contributed by atoms with Crippen LogP contribution in [0.5, 0.6) is 0 Å². The Balaban J connectivity index is 2.41. The summed E-state index contributed by atoms with van der Waals surface area (Å²) in [7, 11) is 0. The molecule has 2 rings (SSSR count). The van der Waals surface area contributed by atoms with Crippen LogP contribution < -0.4 is 0 Å². The van der Waals surface area contributed by atoms with Crippen LogP contribution in [-0.2, 0) is 4.08 Å². The number of thioether (sulfide) groups is 2. The Kier molecular flexibility index (Phi) is 4.80. The second-order valence-electron chi connectivity index (χ2n) is 6.58. The molecule has 1 aromatic rings. The van der Waals surface area contributed by atoms with Crippen LogP contribution >= 0.6 is 23.5 Å². The average molecular weight is 356 g/mol. The van der Waals surface area contributed by atoms with Gasteiger partial charge in [0.25, 0.3) is 0 Å². The first kappa shape index (κ1) is 17.9. The van der Waals surface area contributed by atoms with Crippen molar-refractivity contribution >= 4 is 23.5 Å². The maximum absolute atomic E-state index is 14.0. The molecule has 0 radical (unpaired) electrons. The summed E-state index contributed by atoms with van der Waals surface area (Å²) in [5.41, 5.74) is -0.705. The minimum atomic E-state index is -2.11. The summed E-state index contributed by atoms with van der Waals surface area (Å²) in [6, 6.07) is 0. The van der Waals surface area contributed by atoms with Crippen molar-refractivity contribution in [3.05, 3.63) is 34.6 Å². The van der Waals surface area contributed by atoms with Crippen molar-refractivity contribution in [2.24, 2.45) is 11.3 Å². The van der Waals surface area contributed by atoms with Gasteiger partial charge in [0, 0.05) is 0 Å². The molecule has 0 aromatic heterocycles. The summed E-state index contributed by atoms with van der Waals surface area (Å²) in [6.07, 6.45) is 0. The van der Waals surface area contributed by atoms with E-state index >= 15 is 0 Å². The zero-order chi connectivity index (χ0) is 16.9. The number of benzene rings is 1. The van der Waals surface area contributed by atoms with E-state index in [2.05, 4.69) is 20.8 Å². The van der Waals surface area contributed by atoms with Crippen LogP contribution in [0, 0.1) is 40.4 Å². The third kappa shape index (κ3) is 2.98. The molecular weight excluding hydrogens is 339 g/mol. The van der Waals surface area contributed by atoms with Gasteiger partial charge in [-0.1, -0.05) is 20.8 Å². The van der Waals surface area contributed by atoms with Crippen molar-refractivity contribution in [1.82, 2.24) is 0 Å². The highest BCUT2D eigenvalue weighted by atomic mass is 32.2. The van der Waals surface area contributed by atoms with Crippen LogP contribution in [0.3, 0.4) is 0 Å². The van der Waals surface area contributed by atoms with E-state index < -0.39 is 38.7 Å². The third-order valence-electron chi connectivity index (χ3n) is 4.01. The Morgan fingerprint density at radius 2 is 1.18 bits per heavy atom. The van der Waals surface area contributed by atoms with Gasteiger partial charge in [0.15, 0.2) is 23.3 Å². The Morgan fingerprint density at radius 3 is 1.55 bits per heavy atom. The predicted octanol–water partition coefficient (Wildman–Crippen LogP) is 5.70. The van der Waals surface area contributed by atoms with Gasteiger partial charge in [-0.3, -0.25) is 0 Å². The highest BCUT2D eigenvalue weighted by Crippen LogP contribution is 2.55. The van der Waals surface area contributed by atoms with E-state index in [9.17, 15) is 22.0 Å². The molecule has 124 valence electrons. The zero-order valence-electron chi connectivity index (χ0n) is 12.7. The van der Waals surface area contributed by atoms with E-state index in [-0.39, 0.29) is 5.41 Å². The fourth-order valence-corrected chi connectivity index (χ4v) is 6.07. The van der Waals surface area contributed by atoms with Gasteiger partial charge in [-0.05, 0) is 29.8 Å². The van der Waals surface area contributed by atoms with Gasteiger partial charge in [-0.2, -0.15) is 0 Å². The summed E-state index contributed by atoms with van der Waals surface area (Å²) < 4.78 is 66.8. The molecule has 1 fully saturated rings. The Bertz CT molecular complexity index is 558. The molecule has 1 aromatic carbocycles. The monoisotopic (exact) mass is 356 g/mol. The molecule has 7 heteroatoms. The lowest BCUT2D eigenvalue weighted by molar-refractivity contribution is 0.291. The number of rotatable bonds is 1. The van der Waals surface area contributed by atoms with Crippen LogP contribution in [0.2, 0.25) is 0 Å². The summed E-state index contributed by atoms with van der Waals surface area (Å²) in [6.45, 7) is 7.72. The largest absolute Gasteiger partial charge is 0.203 e. The Hall–Kier alpha value is -0.430. The molecule has 0 saturated carbocycles. The van der Waals surface area contributed by atoms with Crippen LogP contribution in [0.4, 0.5) is 22.0 Å². The van der Waals surface area contributed by atoms with Gasteiger partial charge >= 0.3 is 0 Å². The lowest BCUT2D eigenvalue weighted by Crippen LogP contribution is -2.34. The fourth-order valence-electron chi connectivity index (χ4n) is 2.26. The molecule has 0 unspecified atom stereocenters.